The predicted molar refractivity (Wildman–Crippen MR) is 115 cm³/mol. The molecule has 3 aliphatic rings. The number of hydrogen-bond donors (Lipinski definition) is 1. The van der Waals surface area contributed by atoms with Crippen LogP contribution in [0.25, 0.3) is 6.08 Å². The fraction of sp³-hybridized carbons (Fsp3) is 0.333. The summed E-state index contributed by atoms with van der Waals surface area (Å²) in [5.41, 5.74) is 0.846. The van der Waals surface area contributed by atoms with Crippen molar-refractivity contribution in [1.82, 2.24) is 10.2 Å². The van der Waals surface area contributed by atoms with Gasteiger partial charge in [0.05, 0.1) is 11.4 Å². The average Bonchev–Trinajstić information content (AvgIpc) is 3.39. The molecule has 0 atom stereocenters. The minimum atomic E-state index is -0.135. The Hall–Kier alpha value is -2.04. The number of fused-ring (bicyclic) bond motifs is 1. The van der Waals surface area contributed by atoms with E-state index in [0.29, 0.717) is 45.3 Å². The molecule has 0 spiro atoms. The number of benzene rings is 1. The van der Waals surface area contributed by atoms with E-state index in [0.717, 1.165) is 17.9 Å². The number of nitrogens with zero attached hydrogens (tertiary/aromatic N) is 2. The number of amidine groups is 1. The van der Waals surface area contributed by atoms with E-state index in [1.54, 1.807) is 22.7 Å². The van der Waals surface area contributed by atoms with Crippen molar-refractivity contribution >= 4 is 63.1 Å². The van der Waals surface area contributed by atoms with Gasteiger partial charge in [0.15, 0.2) is 16.7 Å². The van der Waals surface area contributed by atoms with Crippen LogP contribution in [0.15, 0.2) is 28.1 Å². The van der Waals surface area contributed by atoms with Gasteiger partial charge in [0.25, 0.3) is 5.91 Å². The topological polar surface area (TPSA) is 80.2 Å². The first-order valence-corrected chi connectivity index (χ1v) is 10.9. The van der Waals surface area contributed by atoms with Gasteiger partial charge in [0, 0.05) is 18.7 Å². The number of thiocarbonyl (C=S) groups is 1. The quantitative estimate of drug-likeness (QED) is 0.562. The van der Waals surface area contributed by atoms with Gasteiger partial charge in [-0.25, -0.2) is 0 Å². The third-order valence-electron chi connectivity index (χ3n) is 4.19. The molecule has 10 heteroatoms. The van der Waals surface area contributed by atoms with Gasteiger partial charge in [-0.3, -0.25) is 19.5 Å². The normalized spacial score (nSPS) is 19.5. The second-order valence-electron chi connectivity index (χ2n) is 6.13. The number of thioether (sulfide) groups is 2. The smallest absolute Gasteiger partial charge is 0.266 e. The monoisotopic (exact) mass is 435 g/mol. The number of carbonyl (C=O) groups is 2. The number of rotatable bonds is 5. The lowest BCUT2D eigenvalue weighted by molar-refractivity contribution is -0.123. The van der Waals surface area contributed by atoms with E-state index < -0.39 is 0 Å². The molecule has 1 fully saturated rings. The molecular weight excluding hydrogens is 418 g/mol. The van der Waals surface area contributed by atoms with Crippen LogP contribution in [0.4, 0.5) is 0 Å². The van der Waals surface area contributed by atoms with Crippen LogP contribution in [0.2, 0.25) is 0 Å². The van der Waals surface area contributed by atoms with E-state index in [4.69, 9.17) is 21.7 Å². The minimum Gasteiger partial charge on any atom is -0.454 e. The molecular formula is C18H17N3O4S3. The maximum Gasteiger partial charge on any atom is 0.266 e. The van der Waals surface area contributed by atoms with E-state index in [-0.39, 0.29) is 18.6 Å². The molecule has 3 heterocycles. The van der Waals surface area contributed by atoms with Crippen LogP contribution in [-0.4, -0.2) is 51.8 Å². The Bertz CT molecular complexity index is 900. The van der Waals surface area contributed by atoms with Gasteiger partial charge in [0.2, 0.25) is 12.7 Å². The Labute approximate surface area is 175 Å². The van der Waals surface area contributed by atoms with Gasteiger partial charge in [-0.15, -0.1) is 0 Å². The molecule has 1 aromatic rings. The summed E-state index contributed by atoms with van der Waals surface area (Å²) in [6.07, 6.45) is 2.65. The van der Waals surface area contributed by atoms with Crippen molar-refractivity contribution in [3.63, 3.8) is 0 Å². The van der Waals surface area contributed by atoms with Gasteiger partial charge in [-0.1, -0.05) is 41.8 Å². The Morgan fingerprint density at radius 2 is 2.21 bits per heavy atom. The summed E-state index contributed by atoms with van der Waals surface area (Å²) in [6, 6.07) is 5.53. The molecule has 3 aliphatic heterocycles. The third kappa shape index (κ3) is 4.34. The Morgan fingerprint density at radius 1 is 1.36 bits per heavy atom. The second-order valence-corrected chi connectivity index (χ2v) is 8.89. The van der Waals surface area contributed by atoms with E-state index in [1.807, 2.05) is 18.2 Å². The highest BCUT2D eigenvalue weighted by atomic mass is 32.2. The maximum absolute atomic E-state index is 12.7. The molecule has 4 rings (SSSR count). The zero-order valence-corrected chi connectivity index (χ0v) is 17.3. The molecule has 0 bridgehead atoms. The number of ether oxygens (including phenoxy) is 2. The summed E-state index contributed by atoms with van der Waals surface area (Å²) in [4.78, 5) is 30.9. The number of nitrogens with one attached hydrogen (secondary N) is 1. The molecule has 1 N–H and O–H groups in total. The molecule has 7 nitrogen and oxygen atoms in total. The highest BCUT2D eigenvalue weighted by Gasteiger charge is 2.31. The number of amides is 2. The second kappa shape index (κ2) is 8.54. The first kappa shape index (κ1) is 19.3. The Balaban J connectivity index is 1.32. The van der Waals surface area contributed by atoms with Gasteiger partial charge in [-0.05, 0) is 30.2 Å². The van der Waals surface area contributed by atoms with Gasteiger partial charge < -0.3 is 14.8 Å². The van der Waals surface area contributed by atoms with E-state index in [9.17, 15) is 9.59 Å². The van der Waals surface area contributed by atoms with Gasteiger partial charge in [0.1, 0.15) is 4.32 Å². The van der Waals surface area contributed by atoms with E-state index >= 15 is 0 Å². The molecule has 0 aliphatic carbocycles. The largest absolute Gasteiger partial charge is 0.454 e. The van der Waals surface area contributed by atoms with Crippen LogP contribution in [0, 0.1) is 0 Å². The lowest BCUT2D eigenvalue weighted by Crippen LogP contribution is -2.31. The summed E-state index contributed by atoms with van der Waals surface area (Å²) in [5.74, 6) is 2.05. The highest BCUT2D eigenvalue weighted by molar-refractivity contribution is 8.26. The highest BCUT2D eigenvalue weighted by Crippen LogP contribution is 2.36. The minimum absolute atomic E-state index is 0.0884. The van der Waals surface area contributed by atoms with Crippen molar-refractivity contribution in [3.05, 3.63) is 28.7 Å². The average molecular weight is 436 g/mol. The first-order valence-electron chi connectivity index (χ1n) is 8.72. The van der Waals surface area contributed by atoms with Crippen LogP contribution < -0.4 is 14.8 Å². The zero-order valence-electron chi connectivity index (χ0n) is 14.8. The molecule has 28 heavy (non-hydrogen) atoms. The molecule has 146 valence electrons. The van der Waals surface area contributed by atoms with Gasteiger partial charge in [-0.2, -0.15) is 0 Å². The van der Waals surface area contributed by atoms with Crippen LogP contribution >= 0.6 is 35.7 Å². The number of aliphatic imine (C=N–C) groups is 1. The molecule has 0 saturated carbocycles. The maximum atomic E-state index is 12.7. The fourth-order valence-corrected chi connectivity index (χ4v) is 4.89. The van der Waals surface area contributed by atoms with E-state index in [1.165, 1.54) is 11.8 Å². The molecule has 2 amide bonds. The van der Waals surface area contributed by atoms with Gasteiger partial charge >= 0.3 is 0 Å². The molecule has 0 aromatic heterocycles. The molecule has 0 radical (unpaired) electrons. The molecule has 1 aromatic carbocycles. The predicted octanol–water partition coefficient (Wildman–Crippen LogP) is 2.62. The zero-order chi connectivity index (χ0) is 19.5. The number of hydrogen-bond acceptors (Lipinski definition) is 8. The van der Waals surface area contributed by atoms with Crippen molar-refractivity contribution in [2.45, 2.75) is 12.8 Å². The molecule has 1 saturated heterocycles. The van der Waals surface area contributed by atoms with Crippen molar-refractivity contribution in [2.24, 2.45) is 4.99 Å². The fourth-order valence-electron chi connectivity index (χ4n) is 2.84. The lowest BCUT2D eigenvalue weighted by Gasteiger charge is -2.14. The summed E-state index contributed by atoms with van der Waals surface area (Å²) in [5, 5.41) is 3.47. The van der Waals surface area contributed by atoms with Crippen molar-refractivity contribution in [2.75, 3.05) is 25.6 Å². The standard InChI is InChI=1S/C18H17N3O4S3/c22-15(20-17-19-5-7-27-17)2-1-6-21-16(23)14(28-18(21)26)9-11-3-4-12-13(8-11)25-10-24-12/h3-4,8-9H,1-2,5-7,10H2,(H,19,20,22). The van der Waals surface area contributed by atoms with Crippen LogP contribution in [0.3, 0.4) is 0 Å². The number of carbonyl (C=O) groups excluding carboxylic acids is 2. The molecule has 0 unspecified atom stereocenters. The van der Waals surface area contributed by atoms with Crippen molar-refractivity contribution in [3.8, 4) is 11.5 Å². The van der Waals surface area contributed by atoms with Crippen LogP contribution in [0.1, 0.15) is 18.4 Å². The Morgan fingerprint density at radius 3 is 3.04 bits per heavy atom. The van der Waals surface area contributed by atoms with Crippen molar-refractivity contribution < 1.29 is 19.1 Å². The summed E-state index contributed by atoms with van der Waals surface area (Å²) in [6.45, 7) is 1.36. The van der Waals surface area contributed by atoms with Crippen LogP contribution in [-0.2, 0) is 9.59 Å². The Kier molecular flexibility index (Phi) is 5.88. The summed E-state index contributed by atoms with van der Waals surface area (Å²) in [7, 11) is 0. The van der Waals surface area contributed by atoms with Crippen LogP contribution in [0.5, 0.6) is 11.5 Å². The van der Waals surface area contributed by atoms with Crippen molar-refractivity contribution in [1.29, 1.82) is 0 Å². The summed E-state index contributed by atoms with van der Waals surface area (Å²) < 4.78 is 11.2. The SMILES string of the molecule is O=C(CCCN1C(=O)C(=Cc2ccc3c(c2)OCO3)SC1=S)NC1=NCCS1. The first-order chi connectivity index (χ1) is 13.6. The third-order valence-corrected chi connectivity index (χ3v) is 6.45. The summed E-state index contributed by atoms with van der Waals surface area (Å²) >= 11 is 8.16. The lowest BCUT2D eigenvalue weighted by atomic mass is 10.2. The van der Waals surface area contributed by atoms with E-state index in [2.05, 4.69) is 10.3 Å².